The van der Waals surface area contributed by atoms with Gasteiger partial charge in [-0.05, 0) is 43.0 Å². The fourth-order valence-electron chi connectivity index (χ4n) is 2.63. The van der Waals surface area contributed by atoms with E-state index in [0.29, 0.717) is 5.56 Å². The van der Waals surface area contributed by atoms with Crippen LogP contribution in [0.5, 0.6) is 5.88 Å². The molecule has 0 spiro atoms. The number of aromatic nitrogens is 1. The van der Waals surface area contributed by atoms with Crippen molar-refractivity contribution in [2.45, 2.75) is 19.8 Å². The minimum atomic E-state index is -0.0592. The second-order valence-corrected chi connectivity index (χ2v) is 5.25. The Balaban J connectivity index is 1.97. The Morgan fingerprint density at radius 2 is 2.14 bits per heavy atom. The molecule has 0 radical (unpaired) electrons. The van der Waals surface area contributed by atoms with Gasteiger partial charge in [0, 0.05) is 29.9 Å². The van der Waals surface area contributed by atoms with Gasteiger partial charge in [-0.25, -0.2) is 4.98 Å². The van der Waals surface area contributed by atoms with E-state index in [2.05, 4.69) is 16.4 Å². The van der Waals surface area contributed by atoms with Gasteiger partial charge in [0.25, 0.3) is 5.91 Å². The molecule has 1 aromatic heterocycles. The first-order chi connectivity index (χ1) is 10.2. The zero-order valence-corrected chi connectivity index (χ0v) is 12.3. The predicted octanol–water partition coefficient (Wildman–Crippen LogP) is 2.74. The first kappa shape index (κ1) is 13.6. The Morgan fingerprint density at radius 1 is 1.29 bits per heavy atom. The molecule has 4 nitrogen and oxygen atoms in total. The fraction of sp³-hybridized carbons (Fsp3) is 0.294. The van der Waals surface area contributed by atoms with E-state index in [4.69, 9.17) is 4.74 Å². The summed E-state index contributed by atoms with van der Waals surface area (Å²) in [6, 6.07) is 7.98. The standard InChI is InChI=1S/C17H18N2O2/c1-11-8-12(5-6-15(11)16(20)18-2)14-9-13-4-3-7-21-17(13)19-10-14/h5-6,8-10H,3-4,7H2,1-2H3,(H,18,20). The number of carbonyl (C=O) groups excluding carboxylic acids is 1. The number of hydrogen-bond donors (Lipinski definition) is 1. The number of carbonyl (C=O) groups is 1. The summed E-state index contributed by atoms with van der Waals surface area (Å²) in [6.45, 7) is 2.70. The average Bonchev–Trinajstić information content (AvgIpc) is 2.53. The molecule has 0 unspecified atom stereocenters. The molecule has 0 aliphatic carbocycles. The van der Waals surface area contributed by atoms with E-state index in [1.165, 1.54) is 0 Å². The van der Waals surface area contributed by atoms with Gasteiger partial charge in [-0.15, -0.1) is 0 Å². The van der Waals surface area contributed by atoms with Gasteiger partial charge in [0.15, 0.2) is 0 Å². The van der Waals surface area contributed by atoms with Crippen LogP contribution in [0.25, 0.3) is 11.1 Å². The number of ether oxygens (including phenoxy) is 1. The Kier molecular flexibility index (Phi) is 3.60. The molecule has 1 N–H and O–H groups in total. The SMILES string of the molecule is CNC(=O)c1ccc(-c2cnc3c(c2)CCCO3)cc1C. The van der Waals surface area contributed by atoms with Gasteiger partial charge in [0.1, 0.15) is 0 Å². The summed E-state index contributed by atoms with van der Waals surface area (Å²) in [5.41, 5.74) is 4.95. The van der Waals surface area contributed by atoms with Crippen molar-refractivity contribution in [2.24, 2.45) is 0 Å². The highest BCUT2D eigenvalue weighted by Crippen LogP contribution is 2.28. The Bertz CT molecular complexity index is 695. The number of fused-ring (bicyclic) bond motifs is 1. The van der Waals surface area contributed by atoms with Gasteiger partial charge < -0.3 is 10.1 Å². The summed E-state index contributed by atoms with van der Waals surface area (Å²) in [5, 5.41) is 2.65. The van der Waals surface area contributed by atoms with Crippen LogP contribution in [0.2, 0.25) is 0 Å². The van der Waals surface area contributed by atoms with Gasteiger partial charge in [-0.2, -0.15) is 0 Å². The van der Waals surface area contributed by atoms with Crippen LogP contribution in [-0.4, -0.2) is 24.5 Å². The maximum Gasteiger partial charge on any atom is 0.251 e. The van der Waals surface area contributed by atoms with Crippen LogP contribution in [0, 0.1) is 6.92 Å². The van der Waals surface area contributed by atoms with E-state index in [1.807, 2.05) is 31.3 Å². The normalized spacial score (nSPS) is 13.2. The smallest absolute Gasteiger partial charge is 0.251 e. The van der Waals surface area contributed by atoms with Crippen molar-refractivity contribution in [3.05, 3.63) is 47.2 Å². The van der Waals surface area contributed by atoms with Crippen molar-refractivity contribution in [3.63, 3.8) is 0 Å². The molecule has 1 amide bonds. The van der Waals surface area contributed by atoms with E-state index in [-0.39, 0.29) is 5.91 Å². The number of pyridine rings is 1. The van der Waals surface area contributed by atoms with Crippen LogP contribution in [0.1, 0.15) is 27.9 Å². The van der Waals surface area contributed by atoms with Gasteiger partial charge >= 0.3 is 0 Å². The number of amides is 1. The van der Waals surface area contributed by atoms with Crippen LogP contribution in [0.4, 0.5) is 0 Å². The third kappa shape index (κ3) is 2.61. The number of rotatable bonds is 2. The van der Waals surface area contributed by atoms with Crippen molar-refractivity contribution in [1.82, 2.24) is 10.3 Å². The minimum absolute atomic E-state index is 0.0592. The molecule has 1 aromatic carbocycles. The van der Waals surface area contributed by atoms with Crippen LogP contribution in [-0.2, 0) is 6.42 Å². The lowest BCUT2D eigenvalue weighted by Crippen LogP contribution is -2.18. The van der Waals surface area contributed by atoms with Crippen molar-refractivity contribution in [3.8, 4) is 17.0 Å². The molecule has 4 heteroatoms. The minimum Gasteiger partial charge on any atom is -0.477 e. The molecule has 0 saturated carbocycles. The Morgan fingerprint density at radius 3 is 2.90 bits per heavy atom. The lowest BCUT2D eigenvalue weighted by atomic mass is 9.98. The van der Waals surface area contributed by atoms with Gasteiger partial charge in [-0.1, -0.05) is 12.1 Å². The molecule has 0 bridgehead atoms. The second-order valence-electron chi connectivity index (χ2n) is 5.25. The van der Waals surface area contributed by atoms with Crippen LogP contribution in [0.3, 0.4) is 0 Å². The highest BCUT2D eigenvalue weighted by molar-refractivity contribution is 5.96. The summed E-state index contributed by atoms with van der Waals surface area (Å²) in [7, 11) is 1.64. The molecule has 0 atom stereocenters. The molecular weight excluding hydrogens is 264 g/mol. The van der Waals surface area contributed by atoms with E-state index >= 15 is 0 Å². The molecule has 1 aliphatic rings. The third-order valence-electron chi connectivity index (χ3n) is 3.79. The highest BCUT2D eigenvalue weighted by Gasteiger charge is 2.14. The summed E-state index contributed by atoms with van der Waals surface area (Å²) in [6.07, 6.45) is 3.87. The lowest BCUT2D eigenvalue weighted by molar-refractivity contribution is 0.0962. The molecule has 2 heterocycles. The van der Waals surface area contributed by atoms with Crippen LogP contribution < -0.4 is 10.1 Å². The predicted molar refractivity (Wildman–Crippen MR) is 81.6 cm³/mol. The molecule has 2 aromatic rings. The molecule has 0 saturated heterocycles. The first-order valence-electron chi connectivity index (χ1n) is 7.14. The average molecular weight is 282 g/mol. The maximum atomic E-state index is 11.7. The second kappa shape index (κ2) is 5.56. The summed E-state index contributed by atoms with van der Waals surface area (Å²) in [4.78, 5) is 16.1. The summed E-state index contributed by atoms with van der Waals surface area (Å²) < 4.78 is 5.54. The van der Waals surface area contributed by atoms with Crippen LogP contribution in [0.15, 0.2) is 30.5 Å². The molecule has 3 rings (SSSR count). The van der Waals surface area contributed by atoms with Crippen LogP contribution >= 0.6 is 0 Å². The Labute approximate surface area is 124 Å². The number of nitrogens with zero attached hydrogens (tertiary/aromatic N) is 1. The van der Waals surface area contributed by atoms with E-state index in [9.17, 15) is 4.79 Å². The fourth-order valence-corrected chi connectivity index (χ4v) is 2.63. The van der Waals surface area contributed by atoms with Gasteiger partial charge in [-0.3, -0.25) is 4.79 Å². The van der Waals surface area contributed by atoms with E-state index < -0.39 is 0 Å². The summed E-state index contributed by atoms with van der Waals surface area (Å²) >= 11 is 0. The van der Waals surface area contributed by atoms with Crippen molar-refractivity contribution >= 4 is 5.91 Å². The first-order valence-corrected chi connectivity index (χ1v) is 7.14. The van der Waals surface area contributed by atoms with Gasteiger partial charge in [0.2, 0.25) is 5.88 Å². The van der Waals surface area contributed by atoms with Crippen molar-refractivity contribution in [2.75, 3.05) is 13.7 Å². The quantitative estimate of drug-likeness (QED) is 0.921. The van der Waals surface area contributed by atoms with Crippen molar-refractivity contribution in [1.29, 1.82) is 0 Å². The Hall–Kier alpha value is -2.36. The number of hydrogen-bond acceptors (Lipinski definition) is 3. The highest BCUT2D eigenvalue weighted by atomic mass is 16.5. The number of benzene rings is 1. The van der Waals surface area contributed by atoms with E-state index in [0.717, 1.165) is 47.6 Å². The largest absolute Gasteiger partial charge is 0.477 e. The molecule has 108 valence electrons. The number of aryl methyl sites for hydroxylation is 2. The molecule has 21 heavy (non-hydrogen) atoms. The number of nitrogens with one attached hydrogen (secondary N) is 1. The van der Waals surface area contributed by atoms with E-state index in [1.54, 1.807) is 7.05 Å². The molecule has 0 fully saturated rings. The van der Waals surface area contributed by atoms with Gasteiger partial charge in [0.05, 0.1) is 6.61 Å². The maximum absolute atomic E-state index is 11.7. The summed E-state index contributed by atoms with van der Waals surface area (Å²) in [5.74, 6) is 0.694. The molecular formula is C17H18N2O2. The lowest BCUT2D eigenvalue weighted by Gasteiger charge is -2.17. The topological polar surface area (TPSA) is 51.2 Å². The molecule has 1 aliphatic heterocycles. The monoisotopic (exact) mass is 282 g/mol. The zero-order valence-electron chi connectivity index (χ0n) is 12.3. The zero-order chi connectivity index (χ0) is 14.8. The third-order valence-corrected chi connectivity index (χ3v) is 3.79. The van der Waals surface area contributed by atoms with Crippen molar-refractivity contribution < 1.29 is 9.53 Å².